The summed E-state index contributed by atoms with van der Waals surface area (Å²) in [5.41, 5.74) is 1.61. The molecule has 3 N–H and O–H groups in total. The highest BCUT2D eigenvalue weighted by atomic mass is 16.6. The average Bonchev–Trinajstić information content (AvgIpc) is 3.43. The Morgan fingerprint density at radius 3 is 2.41 bits per heavy atom. The number of hydrogen-bond donors (Lipinski definition) is 3. The van der Waals surface area contributed by atoms with Gasteiger partial charge in [0.2, 0.25) is 17.7 Å². The number of carbonyl (C=O) groups excluding carboxylic acids is 4. The third-order valence-electron chi connectivity index (χ3n) is 4.80. The van der Waals surface area contributed by atoms with Crippen LogP contribution in [0.25, 0.3) is 0 Å². The summed E-state index contributed by atoms with van der Waals surface area (Å²) >= 11 is 0. The largest absolute Gasteiger partial charge is 0.365 e. The highest BCUT2D eigenvalue weighted by Gasteiger charge is 2.37. The minimum absolute atomic E-state index is 0.175. The summed E-state index contributed by atoms with van der Waals surface area (Å²) in [5, 5.41) is 7.67. The number of ether oxygens (including phenoxy) is 1. The number of ketones is 1. The normalized spacial score (nSPS) is 18.3. The van der Waals surface area contributed by atoms with Crippen molar-refractivity contribution in [3.63, 3.8) is 0 Å². The fourth-order valence-corrected chi connectivity index (χ4v) is 3.15. The number of hydrogen-bond acceptors (Lipinski definition) is 5. The van der Waals surface area contributed by atoms with E-state index in [4.69, 9.17) is 4.74 Å². The zero-order valence-corrected chi connectivity index (χ0v) is 16.1. The molecule has 0 bridgehead atoms. The van der Waals surface area contributed by atoms with E-state index in [0.29, 0.717) is 18.6 Å². The number of nitrogens with one attached hydrogen (secondary N) is 3. The molecule has 29 heavy (non-hydrogen) atoms. The second-order valence-electron chi connectivity index (χ2n) is 7.12. The molecular weight excluding hydrogens is 374 g/mol. The van der Waals surface area contributed by atoms with Crippen molar-refractivity contribution in [3.05, 3.63) is 47.5 Å². The van der Waals surface area contributed by atoms with Crippen LogP contribution < -0.4 is 16.0 Å². The number of Topliss-reactive ketones (excluding diaryl/α,β-unsaturated/α-hetero) is 1. The molecule has 3 amide bonds. The van der Waals surface area contributed by atoms with Crippen molar-refractivity contribution in [2.45, 2.75) is 37.8 Å². The summed E-state index contributed by atoms with van der Waals surface area (Å²) in [6.45, 7) is -0.111. The maximum absolute atomic E-state index is 12.4. The predicted molar refractivity (Wildman–Crippen MR) is 105 cm³/mol. The molecule has 1 aliphatic heterocycles. The summed E-state index contributed by atoms with van der Waals surface area (Å²) in [6.07, 6.45) is 4.29. The summed E-state index contributed by atoms with van der Waals surface area (Å²) in [6, 6.07) is 8.64. The van der Waals surface area contributed by atoms with E-state index in [1.54, 1.807) is 0 Å². The molecule has 8 heteroatoms. The number of allylic oxidation sites excluding steroid dienone is 1. The first-order valence-corrected chi connectivity index (χ1v) is 9.75. The van der Waals surface area contributed by atoms with Crippen LogP contribution in [0.5, 0.6) is 0 Å². The Hall–Kier alpha value is -3.00. The third kappa shape index (κ3) is 6.53. The van der Waals surface area contributed by atoms with Gasteiger partial charge in [-0.1, -0.05) is 36.4 Å². The quantitative estimate of drug-likeness (QED) is 0.480. The molecule has 0 spiro atoms. The van der Waals surface area contributed by atoms with Crippen molar-refractivity contribution in [2.24, 2.45) is 0 Å². The Morgan fingerprint density at radius 2 is 1.76 bits per heavy atom. The van der Waals surface area contributed by atoms with Gasteiger partial charge >= 0.3 is 0 Å². The van der Waals surface area contributed by atoms with Crippen LogP contribution in [-0.4, -0.2) is 55.3 Å². The highest BCUT2D eigenvalue weighted by molar-refractivity contribution is 5.97. The first-order valence-electron chi connectivity index (χ1n) is 9.75. The molecule has 1 fully saturated rings. The highest BCUT2D eigenvalue weighted by Crippen LogP contribution is 2.17. The van der Waals surface area contributed by atoms with Gasteiger partial charge in [0.05, 0.1) is 25.7 Å². The second-order valence-corrected chi connectivity index (χ2v) is 7.12. The third-order valence-corrected chi connectivity index (χ3v) is 4.80. The van der Waals surface area contributed by atoms with Crippen LogP contribution in [0.3, 0.4) is 0 Å². The molecule has 0 aromatic heterocycles. The monoisotopic (exact) mass is 399 g/mol. The van der Waals surface area contributed by atoms with E-state index in [-0.39, 0.29) is 24.8 Å². The summed E-state index contributed by atoms with van der Waals surface area (Å²) < 4.78 is 5.05. The summed E-state index contributed by atoms with van der Waals surface area (Å²) in [4.78, 5) is 48.4. The van der Waals surface area contributed by atoms with Gasteiger partial charge in [-0.3, -0.25) is 19.2 Å². The Balaban J connectivity index is 1.43. The first-order chi connectivity index (χ1) is 14.0. The van der Waals surface area contributed by atoms with Crippen molar-refractivity contribution in [2.75, 3.05) is 19.7 Å². The average molecular weight is 399 g/mol. The van der Waals surface area contributed by atoms with Crippen LogP contribution in [0.1, 0.15) is 24.8 Å². The first kappa shape index (κ1) is 20.7. The molecule has 154 valence electrons. The van der Waals surface area contributed by atoms with Gasteiger partial charge in [-0.25, -0.2) is 0 Å². The molecule has 1 aromatic rings. The Kier molecular flexibility index (Phi) is 7.13. The number of amides is 3. The lowest BCUT2D eigenvalue weighted by atomic mass is 10.0. The lowest BCUT2D eigenvalue weighted by molar-refractivity contribution is -0.129. The van der Waals surface area contributed by atoms with Gasteiger partial charge in [-0.15, -0.1) is 0 Å². The van der Waals surface area contributed by atoms with Crippen LogP contribution in [0.2, 0.25) is 0 Å². The minimum Gasteiger partial charge on any atom is -0.365 e. The molecule has 1 unspecified atom stereocenters. The van der Waals surface area contributed by atoms with E-state index in [0.717, 1.165) is 24.8 Å². The van der Waals surface area contributed by atoms with E-state index < -0.39 is 24.0 Å². The van der Waals surface area contributed by atoms with Crippen LogP contribution in [0.15, 0.2) is 42.0 Å². The molecular formula is C21H25N3O5. The standard InChI is InChI=1S/C21H25N3O5/c25-18(11-23-21(28)15-8-4-5-9-15)22-12-19(26)24-16(20(27)17-13-29-17)10-14-6-2-1-3-7-14/h1-3,6-8,16-17H,4-5,9-13H2,(H,22,25)(H,23,28)(H,24,26)/t16-,17?/m0/s1. The van der Waals surface area contributed by atoms with E-state index in [1.165, 1.54) is 0 Å². The van der Waals surface area contributed by atoms with E-state index in [1.807, 2.05) is 36.4 Å². The van der Waals surface area contributed by atoms with E-state index in [2.05, 4.69) is 16.0 Å². The molecule has 2 aliphatic rings. The van der Waals surface area contributed by atoms with Gasteiger partial charge < -0.3 is 20.7 Å². The number of benzene rings is 1. The lowest BCUT2D eigenvalue weighted by Crippen LogP contribution is -2.49. The van der Waals surface area contributed by atoms with Crippen molar-refractivity contribution >= 4 is 23.5 Å². The number of epoxide rings is 1. The number of carbonyl (C=O) groups is 4. The molecule has 3 rings (SSSR count). The molecule has 1 aromatic carbocycles. The number of rotatable bonds is 10. The second kappa shape index (κ2) is 9.97. The van der Waals surface area contributed by atoms with Crippen molar-refractivity contribution in [1.82, 2.24) is 16.0 Å². The van der Waals surface area contributed by atoms with Gasteiger partial charge in [-0.05, 0) is 31.2 Å². The minimum atomic E-state index is -0.719. The Bertz CT molecular complexity index is 802. The van der Waals surface area contributed by atoms with Gasteiger partial charge in [0, 0.05) is 5.57 Å². The Labute approximate surface area is 169 Å². The molecule has 8 nitrogen and oxygen atoms in total. The van der Waals surface area contributed by atoms with E-state index in [9.17, 15) is 19.2 Å². The summed E-state index contributed by atoms with van der Waals surface area (Å²) in [5.74, 6) is -1.37. The molecule has 1 saturated heterocycles. The van der Waals surface area contributed by atoms with Crippen LogP contribution in [-0.2, 0) is 30.3 Å². The molecule has 0 saturated carbocycles. The lowest BCUT2D eigenvalue weighted by Gasteiger charge is -2.17. The van der Waals surface area contributed by atoms with E-state index >= 15 is 0 Å². The van der Waals surface area contributed by atoms with Gasteiger partial charge in [0.25, 0.3) is 0 Å². The fourth-order valence-electron chi connectivity index (χ4n) is 3.15. The molecule has 1 heterocycles. The maximum atomic E-state index is 12.4. The topological polar surface area (TPSA) is 117 Å². The molecule has 0 radical (unpaired) electrons. The zero-order valence-electron chi connectivity index (χ0n) is 16.1. The summed E-state index contributed by atoms with van der Waals surface area (Å²) in [7, 11) is 0. The van der Waals surface area contributed by atoms with Crippen LogP contribution >= 0.6 is 0 Å². The van der Waals surface area contributed by atoms with Gasteiger partial charge in [0.15, 0.2) is 5.78 Å². The fraction of sp³-hybridized carbons (Fsp3) is 0.429. The zero-order chi connectivity index (χ0) is 20.6. The maximum Gasteiger partial charge on any atom is 0.247 e. The van der Waals surface area contributed by atoms with Gasteiger partial charge in [0.1, 0.15) is 6.10 Å². The Morgan fingerprint density at radius 1 is 1.03 bits per heavy atom. The SMILES string of the molecule is O=C(CNC(=O)C1=CCCC1)NCC(=O)N[C@@H](Cc1ccccc1)C(=O)C1CO1. The smallest absolute Gasteiger partial charge is 0.247 e. The van der Waals surface area contributed by atoms with Crippen molar-refractivity contribution < 1.29 is 23.9 Å². The predicted octanol–water partition coefficient (Wildman–Crippen LogP) is 0.0245. The van der Waals surface area contributed by atoms with Gasteiger partial charge in [-0.2, -0.15) is 0 Å². The van der Waals surface area contributed by atoms with Crippen LogP contribution in [0.4, 0.5) is 0 Å². The van der Waals surface area contributed by atoms with Crippen LogP contribution in [0, 0.1) is 0 Å². The molecule has 2 atom stereocenters. The van der Waals surface area contributed by atoms with Crippen molar-refractivity contribution in [1.29, 1.82) is 0 Å². The van der Waals surface area contributed by atoms with Crippen molar-refractivity contribution in [3.8, 4) is 0 Å². The molecule has 1 aliphatic carbocycles.